The van der Waals surface area contributed by atoms with Crippen molar-refractivity contribution in [2.24, 2.45) is 0 Å². The summed E-state index contributed by atoms with van der Waals surface area (Å²) in [6.07, 6.45) is 0. The number of halogens is 3. The van der Waals surface area contributed by atoms with Gasteiger partial charge in [0, 0.05) is 21.8 Å². The predicted molar refractivity (Wildman–Crippen MR) is 95.9 cm³/mol. The smallest absolute Gasteiger partial charge is 0.256 e. The molecule has 0 aliphatic carbocycles. The van der Waals surface area contributed by atoms with Crippen LogP contribution in [0.2, 0.25) is 5.02 Å². The molecule has 0 aliphatic rings. The molecule has 0 fully saturated rings. The highest BCUT2D eigenvalue weighted by Crippen LogP contribution is 2.27. The van der Waals surface area contributed by atoms with Gasteiger partial charge >= 0.3 is 0 Å². The second-order valence-electron chi connectivity index (χ2n) is 4.56. The highest BCUT2D eigenvalue weighted by atomic mass is 127. The molecule has 2 rings (SSSR count). The van der Waals surface area contributed by atoms with Gasteiger partial charge < -0.3 is 14.8 Å². The molecule has 0 radical (unpaired) electrons. The molecule has 122 valence electrons. The third-order valence-corrected chi connectivity index (χ3v) is 4.04. The molecule has 2 aromatic rings. The number of carbonyl (C=O) groups is 1. The van der Waals surface area contributed by atoms with Gasteiger partial charge in [-0.3, -0.25) is 4.79 Å². The van der Waals surface area contributed by atoms with Gasteiger partial charge in [-0.2, -0.15) is 0 Å². The maximum absolute atomic E-state index is 13.5. The third kappa shape index (κ3) is 5.05. The summed E-state index contributed by atoms with van der Waals surface area (Å²) in [5.74, 6) is -0.459. The molecule has 0 bridgehead atoms. The Kier molecular flexibility index (Phi) is 6.61. The summed E-state index contributed by atoms with van der Waals surface area (Å²) in [6, 6.07) is 8.86. The Bertz CT molecular complexity index is 712. The van der Waals surface area contributed by atoms with E-state index in [9.17, 15) is 9.18 Å². The summed E-state index contributed by atoms with van der Waals surface area (Å²) in [5.41, 5.74) is 0.707. The zero-order valence-electron chi connectivity index (χ0n) is 12.2. The zero-order chi connectivity index (χ0) is 16.8. The number of hydrogen-bond acceptors (Lipinski definition) is 3. The van der Waals surface area contributed by atoms with Gasteiger partial charge in [-0.25, -0.2) is 4.39 Å². The van der Waals surface area contributed by atoms with Crippen LogP contribution in [-0.2, 0) is 4.74 Å². The number of benzene rings is 2. The number of ether oxygens (including phenoxy) is 2. The van der Waals surface area contributed by atoms with Crippen LogP contribution < -0.4 is 10.1 Å². The van der Waals surface area contributed by atoms with Crippen molar-refractivity contribution in [2.45, 2.75) is 0 Å². The van der Waals surface area contributed by atoms with Crippen molar-refractivity contribution in [3.05, 3.63) is 56.4 Å². The van der Waals surface area contributed by atoms with E-state index in [2.05, 4.69) is 5.32 Å². The molecule has 0 atom stereocenters. The minimum Gasteiger partial charge on any atom is -0.489 e. The summed E-state index contributed by atoms with van der Waals surface area (Å²) in [4.78, 5) is 12.4. The van der Waals surface area contributed by atoms with Crippen LogP contribution in [0, 0.1) is 9.39 Å². The van der Waals surface area contributed by atoms with E-state index in [0.717, 1.165) is 0 Å². The maximum atomic E-state index is 13.5. The van der Waals surface area contributed by atoms with Gasteiger partial charge in [-0.1, -0.05) is 11.6 Å². The average Bonchev–Trinajstić information content (AvgIpc) is 2.49. The molecular weight excluding hydrogens is 436 g/mol. The molecule has 1 N–H and O–H groups in total. The van der Waals surface area contributed by atoms with Crippen molar-refractivity contribution < 1.29 is 18.7 Å². The molecule has 0 saturated heterocycles. The molecule has 0 unspecified atom stereocenters. The molecule has 0 saturated carbocycles. The quantitative estimate of drug-likeness (QED) is 0.527. The highest BCUT2D eigenvalue weighted by Gasteiger charge is 2.14. The fourth-order valence-electron chi connectivity index (χ4n) is 1.82. The first-order valence-corrected chi connectivity index (χ1v) is 8.14. The van der Waals surface area contributed by atoms with Crippen LogP contribution in [0.15, 0.2) is 36.4 Å². The molecule has 2 aromatic carbocycles. The van der Waals surface area contributed by atoms with E-state index in [1.165, 1.54) is 18.2 Å². The Morgan fingerprint density at radius 2 is 2.04 bits per heavy atom. The van der Waals surface area contributed by atoms with Crippen molar-refractivity contribution in [3.8, 4) is 5.75 Å². The van der Waals surface area contributed by atoms with E-state index in [0.29, 0.717) is 33.1 Å². The lowest BCUT2D eigenvalue weighted by Gasteiger charge is -2.13. The normalized spacial score (nSPS) is 10.4. The van der Waals surface area contributed by atoms with Crippen LogP contribution in [-0.4, -0.2) is 26.2 Å². The SMILES string of the molecule is COCCOc1ccc(F)cc1NC(=O)c1ccc(Cl)cc1I. The lowest BCUT2D eigenvalue weighted by molar-refractivity contribution is 0.102. The Morgan fingerprint density at radius 1 is 1.26 bits per heavy atom. The third-order valence-electron chi connectivity index (χ3n) is 2.91. The molecule has 1 amide bonds. The van der Waals surface area contributed by atoms with Crippen molar-refractivity contribution in [1.29, 1.82) is 0 Å². The number of methoxy groups -OCH3 is 1. The van der Waals surface area contributed by atoms with Crippen molar-refractivity contribution in [3.63, 3.8) is 0 Å². The van der Waals surface area contributed by atoms with Gasteiger partial charge in [-0.05, 0) is 52.9 Å². The molecule has 4 nitrogen and oxygen atoms in total. The summed E-state index contributed by atoms with van der Waals surface area (Å²) >= 11 is 7.90. The van der Waals surface area contributed by atoms with Gasteiger partial charge in [0.2, 0.25) is 0 Å². The predicted octanol–water partition coefficient (Wildman–Crippen LogP) is 4.36. The number of rotatable bonds is 6. The fraction of sp³-hybridized carbons (Fsp3) is 0.188. The topological polar surface area (TPSA) is 47.6 Å². The molecule has 7 heteroatoms. The van der Waals surface area contributed by atoms with E-state index < -0.39 is 5.82 Å². The maximum Gasteiger partial charge on any atom is 0.256 e. The summed E-state index contributed by atoms with van der Waals surface area (Å²) in [5, 5.41) is 3.20. The summed E-state index contributed by atoms with van der Waals surface area (Å²) in [7, 11) is 1.55. The Hall–Kier alpha value is -1.38. The first-order valence-electron chi connectivity index (χ1n) is 6.69. The molecular formula is C16H14ClFINO3. The van der Waals surface area contributed by atoms with Crippen LogP contribution >= 0.6 is 34.2 Å². The lowest BCUT2D eigenvalue weighted by atomic mass is 10.2. The average molecular weight is 450 g/mol. The Labute approximate surface area is 152 Å². The number of carbonyl (C=O) groups excluding carboxylic acids is 1. The van der Waals surface area contributed by atoms with Crippen LogP contribution in [0.3, 0.4) is 0 Å². The van der Waals surface area contributed by atoms with Crippen LogP contribution in [0.5, 0.6) is 5.75 Å². The van der Waals surface area contributed by atoms with Gasteiger partial charge in [-0.15, -0.1) is 0 Å². The van der Waals surface area contributed by atoms with Gasteiger partial charge in [0.05, 0.1) is 17.9 Å². The summed E-state index contributed by atoms with van der Waals surface area (Å²) in [6.45, 7) is 0.684. The molecule has 0 aliphatic heterocycles. The van der Waals surface area contributed by atoms with Crippen LogP contribution in [0.1, 0.15) is 10.4 Å². The number of hydrogen-bond donors (Lipinski definition) is 1. The van der Waals surface area contributed by atoms with Gasteiger partial charge in [0.15, 0.2) is 0 Å². The number of anilines is 1. The monoisotopic (exact) mass is 449 g/mol. The highest BCUT2D eigenvalue weighted by molar-refractivity contribution is 14.1. The Morgan fingerprint density at radius 3 is 2.74 bits per heavy atom. The van der Waals surface area contributed by atoms with Crippen LogP contribution in [0.25, 0.3) is 0 Å². The molecule has 0 aromatic heterocycles. The standard InChI is InChI=1S/C16H14ClFINO3/c1-22-6-7-23-15-5-3-11(18)9-14(15)20-16(21)12-4-2-10(17)8-13(12)19/h2-5,8-9H,6-7H2,1H3,(H,20,21). The van der Waals surface area contributed by atoms with Crippen molar-refractivity contribution >= 4 is 45.8 Å². The first kappa shape index (κ1) is 18.0. The fourth-order valence-corrected chi connectivity index (χ4v) is 2.94. The molecule has 0 spiro atoms. The largest absolute Gasteiger partial charge is 0.489 e. The van der Waals surface area contributed by atoms with E-state index >= 15 is 0 Å². The van der Waals surface area contributed by atoms with Gasteiger partial charge in [0.25, 0.3) is 5.91 Å². The van der Waals surface area contributed by atoms with E-state index in [-0.39, 0.29) is 11.6 Å². The van der Waals surface area contributed by atoms with E-state index in [1.54, 1.807) is 25.3 Å². The zero-order valence-corrected chi connectivity index (χ0v) is 15.2. The molecule has 0 heterocycles. The minimum atomic E-state index is -0.467. The van der Waals surface area contributed by atoms with E-state index in [1.807, 2.05) is 22.6 Å². The lowest BCUT2D eigenvalue weighted by Crippen LogP contribution is -2.15. The van der Waals surface area contributed by atoms with E-state index in [4.69, 9.17) is 21.1 Å². The number of nitrogens with one attached hydrogen (secondary N) is 1. The van der Waals surface area contributed by atoms with Crippen LogP contribution in [0.4, 0.5) is 10.1 Å². The minimum absolute atomic E-state index is 0.261. The molecule has 23 heavy (non-hydrogen) atoms. The van der Waals surface area contributed by atoms with Crippen molar-refractivity contribution in [2.75, 3.05) is 25.6 Å². The second kappa shape index (κ2) is 8.47. The first-order chi connectivity index (χ1) is 11.0. The Balaban J connectivity index is 2.20. The summed E-state index contributed by atoms with van der Waals surface area (Å²) < 4.78 is 24.6. The van der Waals surface area contributed by atoms with Gasteiger partial charge in [0.1, 0.15) is 18.2 Å². The number of amides is 1. The van der Waals surface area contributed by atoms with Crippen molar-refractivity contribution in [1.82, 2.24) is 0 Å². The second-order valence-corrected chi connectivity index (χ2v) is 6.16.